The van der Waals surface area contributed by atoms with Crippen LogP contribution < -0.4 is 5.32 Å². The molecule has 2 N–H and O–H groups in total. The summed E-state index contributed by atoms with van der Waals surface area (Å²) in [6, 6.07) is 5.47. The van der Waals surface area contributed by atoms with Gasteiger partial charge in [0, 0.05) is 13.2 Å². The van der Waals surface area contributed by atoms with Crippen LogP contribution >= 0.6 is 0 Å². The minimum Gasteiger partial charge on any atom is -0.372 e. The Labute approximate surface area is 59.6 Å². The van der Waals surface area contributed by atoms with Crippen molar-refractivity contribution in [3.05, 3.63) is 30.1 Å². The van der Waals surface area contributed by atoms with E-state index < -0.39 is 0 Å². The summed E-state index contributed by atoms with van der Waals surface area (Å²) in [6.07, 6.45) is 1.67. The van der Waals surface area contributed by atoms with Crippen LogP contribution in [0.1, 0.15) is 5.69 Å². The second-order valence-corrected chi connectivity index (χ2v) is 1.84. The highest BCUT2D eigenvalue weighted by Crippen LogP contribution is 1.90. The second-order valence-electron chi connectivity index (χ2n) is 1.84. The molecule has 1 rings (SSSR count). The Bertz CT molecular complexity index is 218. The molecule has 0 saturated heterocycles. The topological polar surface area (TPSA) is 48.8 Å². The van der Waals surface area contributed by atoms with E-state index in [4.69, 9.17) is 5.41 Å². The Hall–Kier alpha value is -1.38. The molecule has 0 aliphatic rings. The molecule has 10 heavy (non-hydrogen) atoms. The van der Waals surface area contributed by atoms with Crippen molar-refractivity contribution in [3.63, 3.8) is 0 Å². The summed E-state index contributed by atoms with van der Waals surface area (Å²) in [7, 11) is 1.71. The minimum absolute atomic E-state index is 0.348. The third kappa shape index (κ3) is 1.31. The smallest absolute Gasteiger partial charge is 0.144 e. The largest absolute Gasteiger partial charge is 0.372 e. The van der Waals surface area contributed by atoms with Gasteiger partial charge < -0.3 is 5.32 Å². The number of nitrogens with zero attached hydrogens (tertiary/aromatic N) is 1. The van der Waals surface area contributed by atoms with Gasteiger partial charge in [-0.1, -0.05) is 6.07 Å². The zero-order chi connectivity index (χ0) is 7.40. The lowest BCUT2D eigenvalue weighted by Gasteiger charge is -1.98. The molecule has 0 aliphatic carbocycles. The second kappa shape index (κ2) is 2.96. The summed E-state index contributed by atoms with van der Waals surface area (Å²) in [5.41, 5.74) is 0.671. The first-order valence-electron chi connectivity index (χ1n) is 3.02. The number of pyridine rings is 1. The van der Waals surface area contributed by atoms with Crippen molar-refractivity contribution in [2.45, 2.75) is 0 Å². The van der Waals surface area contributed by atoms with Crippen LogP contribution in [0, 0.1) is 5.41 Å². The van der Waals surface area contributed by atoms with Crippen molar-refractivity contribution >= 4 is 5.84 Å². The van der Waals surface area contributed by atoms with Crippen molar-refractivity contribution in [3.8, 4) is 0 Å². The van der Waals surface area contributed by atoms with Crippen molar-refractivity contribution < 1.29 is 0 Å². The van der Waals surface area contributed by atoms with Gasteiger partial charge in [0.2, 0.25) is 0 Å². The fourth-order valence-corrected chi connectivity index (χ4v) is 0.639. The van der Waals surface area contributed by atoms with Crippen molar-refractivity contribution in [1.82, 2.24) is 10.3 Å². The van der Waals surface area contributed by atoms with Gasteiger partial charge in [-0.2, -0.15) is 0 Å². The molecule has 0 aliphatic heterocycles. The lowest BCUT2D eigenvalue weighted by Crippen LogP contribution is -2.18. The molecule has 1 aromatic heterocycles. The molecule has 0 saturated carbocycles. The van der Waals surface area contributed by atoms with Gasteiger partial charge in [0.1, 0.15) is 11.5 Å². The SMILES string of the molecule is CNC(=N)c1ccccn1. The summed E-state index contributed by atoms with van der Waals surface area (Å²) in [6.45, 7) is 0. The van der Waals surface area contributed by atoms with Gasteiger partial charge in [-0.3, -0.25) is 10.4 Å². The van der Waals surface area contributed by atoms with Gasteiger partial charge in [0.25, 0.3) is 0 Å². The van der Waals surface area contributed by atoms with E-state index in [1.807, 2.05) is 12.1 Å². The molecular formula is C7H9N3. The van der Waals surface area contributed by atoms with E-state index >= 15 is 0 Å². The van der Waals surface area contributed by atoms with Crippen LogP contribution in [-0.4, -0.2) is 17.9 Å². The van der Waals surface area contributed by atoms with Crippen LogP contribution in [0.5, 0.6) is 0 Å². The molecule has 0 atom stereocenters. The number of nitrogens with one attached hydrogen (secondary N) is 2. The average molecular weight is 135 g/mol. The van der Waals surface area contributed by atoms with Gasteiger partial charge in [-0.25, -0.2) is 0 Å². The van der Waals surface area contributed by atoms with Crippen LogP contribution in [0.25, 0.3) is 0 Å². The van der Waals surface area contributed by atoms with E-state index in [1.54, 1.807) is 19.3 Å². The third-order valence-corrected chi connectivity index (χ3v) is 1.17. The average Bonchev–Trinajstić information content (AvgIpc) is 2.05. The van der Waals surface area contributed by atoms with Crippen molar-refractivity contribution in [1.29, 1.82) is 5.41 Å². The molecule has 0 unspecified atom stereocenters. The van der Waals surface area contributed by atoms with Crippen LogP contribution in [0.15, 0.2) is 24.4 Å². The molecule has 0 amide bonds. The van der Waals surface area contributed by atoms with Gasteiger partial charge in [-0.05, 0) is 12.1 Å². The number of hydrogen-bond acceptors (Lipinski definition) is 2. The fourth-order valence-electron chi connectivity index (χ4n) is 0.639. The minimum atomic E-state index is 0.348. The molecule has 0 radical (unpaired) electrons. The number of amidine groups is 1. The van der Waals surface area contributed by atoms with Gasteiger partial charge >= 0.3 is 0 Å². The highest BCUT2D eigenvalue weighted by Gasteiger charge is 1.95. The van der Waals surface area contributed by atoms with Gasteiger partial charge in [0.05, 0.1) is 0 Å². The molecular weight excluding hydrogens is 126 g/mol. The number of rotatable bonds is 1. The molecule has 0 aromatic carbocycles. The van der Waals surface area contributed by atoms with E-state index in [2.05, 4.69) is 10.3 Å². The van der Waals surface area contributed by atoms with E-state index in [1.165, 1.54) is 0 Å². The third-order valence-electron chi connectivity index (χ3n) is 1.17. The molecule has 1 heterocycles. The first kappa shape index (κ1) is 6.74. The molecule has 52 valence electrons. The predicted molar refractivity (Wildman–Crippen MR) is 40.1 cm³/mol. The normalized spacial score (nSPS) is 8.90. The van der Waals surface area contributed by atoms with Crippen LogP contribution in [-0.2, 0) is 0 Å². The Morgan fingerprint density at radius 2 is 2.40 bits per heavy atom. The van der Waals surface area contributed by atoms with Crippen molar-refractivity contribution in [2.24, 2.45) is 0 Å². The summed E-state index contributed by atoms with van der Waals surface area (Å²) < 4.78 is 0. The molecule has 3 heteroatoms. The van der Waals surface area contributed by atoms with E-state index in [0.29, 0.717) is 11.5 Å². The van der Waals surface area contributed by atoms with Gasteiger partial charge in [-0.15, -0.1) is 0 Å². The van der Waals surface area contributed by atoms with E-state index in [-0.39, 0.29) is 0 Å². The lowest BCUT2D eigenvalue weighted by atomic mass is 10.3. The summed E-state index contributed by atoms with van der Waals surface area (Å²) in [5, 5.41) is 10.0. The molecule has 3 nitrogen and oxygen atoms in total. The standard InChI is InChI=1S/C7H9N3/c1-9-7(8)6-4-2-3-5-10-6/h2-5H,1H3,(H2,8,9). The summed E-state index contributed by atoms with van der Waals surface area (Å²) in [4.78, 5) is 3.96. The zero-order valence-corrected chi connectivity index (χ0v) is 5.76. The highest BCUT2D eigenvalue weighted by molar-refractivity contribution is 5.94. The maximum atomic E-state index is 7.30. The van der Waals surface area contributed by atoms with Crippen molar-refractivity contribution in [2.75, 3.05) is 7.05 Å². The molecule has 0 spiro atoms. The Balaban J connectivity index is 2.85. The Morgan fingerprint density at radius 3 is 2.90 bits per heavy atom. The molecule has 1 aromatic rings. The maximum absolute atomic E-state index is 7.30. The highest BCUT2D eigenvalue weighted by atomic mass is 14.9. The van der Waals surface area contributed by atoms with Crippen LogP contribution in [0.3, 0.4) is 0 Å². The quantitative estimate of drug-likeness (QED) is 0.438. The predicted octanol–water partition coefficient (Wildman–Crippen LogP) is 0.626. The monoisotopic (exact) mass is 135 g/mol. The number of hydrogen-bond donors (Lipinski definition) is 2. The Kier molecular flexibility index (Phi) is 1.99. The lowest BCUT2D eigenvalue weighted by molar-refractivity contribution is 1.11. The van der Waals surface area contributed by atoms with Crippen LogP contribution in [0.2, 0.25) is 0 Å². The maximum Gasteiger partial charge on any atom is 0.144 e. The zero-order valence-electron chi connectivity index (χ0n) is 5.76. The van der Waals surface area contributed by atoms with Gasteiger partial charge in [0.15, 0.2) is 0 Å². The Morgan fingerprint density at radius 1 is 1.60 bits per heavy atom. The molecule has 0 fully saturated rings. The molecule has 0 bridgehead atoms. The van der Waals surface area contributed by atoms with E-state index in [0.717, 1.165) is 0 Å². The summed E-state index contributed by atoms with van der Waals surface area (Å²) in [5.74, 6) is 0.348. The fraction of sp³-hybridized carbons (Fsp3) is 0.143. The first-order chi connectivity index (χ1) is 4.84. The van der Waals surface area contributed by atoms with E-state index in [9.17, 15) is 0 Å². The van der Waals surface area contributed by atoms with Crippen LogP contribution in [0.4, 0.5) is 0 Å². The first-order valence-corrected chi connectivity index (χ1v) is 3.02. The number of aromatic nitrogens is 1. The summed E-state index contributed by atoms with van der Waals surface area (Å²) >= 11 is 0.